The van der Waals surface area contributed by atoms with Gasteiger partial charge in [-0.1, -0.05) is 30.3 Å². The van der Waals surface area contributed by atoms with E-state index in [1.165, 1.54) is 17.5 Å². The molecular weight excluding hydrogens is 330 g/mol. The zero-order valence-corrected chi connectivity index (χ0v) is 14.8. The number of aliphatic hydroxyl groups is 1. The monoisotopic (exact) mass is 355 g/mol. The Hall–Kier alpha value is -2.08. The molecule has 2 aromatic carbocycles. The minimum absolute atomic E-state index is 0.272. The molecule has 2 aromatic rings. The fourth-order valence-electron chi connectivity index (χ4n) is 3.65. The number of aryl methyl sites for hydroxylation is 1. The smallest absolute Gasteiger partial charge is 0.231 e. The van der Waals surface area contributed by atoms with Crippen LogP contribution in [0.3, 0.4) is 0 Å². The number of nitrogens with one attached hydrogen (secondary N) is 1. The zero-order valence-electron chi connectivity index (χ0n) is 14.8. The van der Waals surface area contributed by atoms with Crippen molar-refractivity contribution in [3.63, 3.8) is 0 Å². The number of hydrogen-bond donors (Lipinski definition) is 2. The number of fused-ring (bicyclic) bond motifs is 2. The predicted molar refractivity (Wildman–Crippen MR) is 98.4 cm³/mol. The van der Waals surface area contributed by atoms with E-state index in [2.05, 4.69) is 29.6 Å². The molecule has 2 aliphatic rings. The van der Waals surface area contributed by atoms with Crippen LogP contribution in [0.4, 0.5) is 0 Å². The van der Waals surface area contributed by atoms with Crippen LogP contribution in [0, 0.1) is 0 Å². The predicted octanol–water partition coefficient (Wildman–Crippen LogP) is 2.96. The second-order valence-corrected chi connectivity index (χ2v) is 6.91. The number of ether oxygens (including phenoxy) is 3. The Bertz CT molecular complexity index is 749. The van der Waals surface area contributed by atoms with Gasteiger partial charge in [-0.2, -0.15) is 0 Å². The van der Waals surface area contributed by atoms with Crippen molar-refractivity contribution in [1.29, 1.82) is 0 Å². The highest BCUT2D eigenvalue weighted by Gasteiger charge is 2.20. The van der Waals surface area contributed by atoms with Crippen molar-refractivity contribution >= 4 is 0 Å². The highest BCUT2D eigenvalue weighted by Crippen LogP contribution is 2.32. The number of benzene rings is 2. The minimum atomic E-state index is -0.530. The van der Waals surface area contributed by atoms with Gasteiger partial charge in [0.05, 0.1) is 19.3 Å². The van der Waals surface area contributed by atoms with Gasteiger partial charge < -0.3 is 24.6 Å². The summed E-state index contributed by atoms with van der Waals surface area (Å²) in [5, 5.41) is 13.7. The normalized spacial score (nSPS) is 19.2. The Labute approximate surface area is 153 Å². The summed E-state index contributed by atoms with van der Waals surface area (Å²) < 4.78 is 16.3. The molecule has 5 heteroatoms. The van der Waals surface area contributed by atoms with Crippen LogP contribution in [-0.4, -0.2) is 31.2 Å². The van der Waals surface area contributed by atoms with E-state index in [-0.39, 0.29) is 6.79 Å². The fraction of sp³-hybridized carbons (Fsp3) is 0.429. The largest absolute Gasteiger partial charge is 0.454 e. The Kier molecular flexibility index (Phi) is 5.39. The lowest BCUT2D eigenvalue weighted by Crippen LogP contribution is -2.34. The molecule has 1 heterocycles. The van der Waals surface area contributed by atoms with Crippen LogP contribution in [0.2, 0.25) is 0 Å². The molecule has 26 heavy (non-hydrogen) atoms. The third-order valence-corrected chi connectivity index (χ3v) is 4.99. The van der Waals surface area contributed by atoms with Crippen LogP contribution in [0.25, 0.3) is 0 Å². The molecule has 2 unspecified atom stereocenters. The van der Waals surface area contributed by atoms with Crippen molar-refractivity contribution in [3.05, 3.63) is 59.2 Å². The van der Waals surface area contributed by atoms with Crippen LogP contribution >= 0.6 is 0 Å². The number of rotatable bonds is 7. The SMILES string of the molecule is OC(CNC1CCCc2ccccc21)COCc1ccc2c(c1)OCO2. The van der Waals surface area contributed by atoms with Crippen molar-refractivity contribution in [3.8, 4) is 11.5 Å². The quantitative estimate of drug-likeness (QED) is 0.800. The first-order valence-electron chi connectivity index (χ1n) is 9.25. The van der Waals surface area contributed by atoms with Crippen molar-refractivity contribution in [2.24, 2.45) is 0 Å². The Balaban J connectivity index is 1.22. The van der Waals surface area contributed by atoms with Crippen molar-refractivity contribution in [1.82, 2.24) is 5.32 Å². The molecular formula is C21H25NO4. The topological polar surface area (TPSA) is 60.0 Å². The summed E-state index contributed by atoms with van der Waals surface area (Å²) in [4.78, 5) is 0. The van der Waals surface area contributed by atoms with E-state index < -0.39 is 6.10 Å². The van der Waals surface area contributed by atoms with E-state index in [1.54, 1.807) is 0 Å². The Morgan fingerprint density at radius 1 is 1.15 bits per heavy atom. The average Bonchev–Trinajstić information content (AvgIpc) is 3.14. The van der Waals surface area contributed by atoms with E-state index in [0.29, 0.717) is 25.8 Å². The standard InChI is InChI=1S/C21H25NO4/c23-17(11-22-19-7-3-5-16-4-1-2-6-18(16)19)13-24-12-15-8-9-20-21(10-15)26-14-25-20/h1-2,4,6,8-10,17,19,22-23H,3,5,7,11-14H2. The molecule has 0 radical (unpaired) electrons. The highest BCUT2D eigenvalue weighted by atomic mass is 16.7. The molecule has 1 aliphatic heterocycles. The van der Waals surface area contributed by atoms with Crippen molar-refractivity contribution < 1.29 is 19.3 Å². The van der Waals surface area contributed by atoms with E-state index in [4.69, 9.17) is 14.2 Å². The van der Waals surface area contributed by atoms with Crippen LogP contribution in [0.5, 0.6) is 11.5 Å². The molecule has 0 amide bonds. The minimum Gasteiger partial charge on any atom is -0.454 e. The van der Waals surface area contributed by atoms with Gasteiger partial charge in [-0.3, -0.25) is 0 Å². The van der Waals surface area contributed by atoms with Gasteiger partial charge in [0, 0.05) is 12.6 Å². The first-order chi connectivity index (χ1) is 12.8. The molecule has 0 saturated heterocycles. The summed E-state index contributed by atoms with van der Waals surface area (Å²) in [5.41, 5.74) is 3.80. The molecule has 0 spiro atoms. The Morgan fingerprint density at radius 3 is 3.00 bits per heavy atom. The molecule has 0 bridgehead atoms. The lowest BCUT2D eigenvalue weighted by atomic mass is 9.88. The molecule has 1 aliphatic carbocycles. The van der Waals surface area contributed by atoms with Gasteiger partial charge >= 0.3 is 0 Å². The molecule has 5 nitrogen and oxygen atoms in total. The maximum Gasteiger partial charge on any atom is 0.231 e. The molecule has 4 rings (SSSR count). The van der Waals surface area contributed by atoms with E-state index >= 15 is 0 Å². The maximum absolute atomic E-state index is 10.2. The summed E-state index contributed by atoms with van der Waals surface area (Å²) >= 11 is 0. The second kappa shape index (κ2) is 8.08. The lowest BCUT2D eigenvalue weighted by Gasteiger charge is -2.27. The molecule has 2 atom stereocenters. The van der Waals surface area contributed by atoms with Gasteiger partial charge in [0.2, 0.25) is 6.79 Å². The lowest BCUT2D eigenvalue weighted by molar-refractivity contribution is 0.0273. The van der Waals surface area contributed by atoms with Gasteiger partial charge in [-0.15, -0.1) is 0 Å². The summed E-state index contributed by atoms with van der Waals surface area (Å²) in [6.45, 7) is 1.55. The number of hydrogen-bond acceptors (Lipinski definition) is 5. The highest BCUT2D eigenvalue weighted by molar-refractivity contribution is 5.44. The van der Waals surface area contributed by atoms with Gasteiger partial charge in [0.15, 0.2) is 11.5 Å². The molecule has 0 aromatic heterocycles. The molecule has 2 N–H and O–H groups in total. The number of aliphatic hydroxyl groups excluding tert-OH is 1. The van der Waals surface area contributed by atoms with E-state index in [1.807, 2.05) is 18.2 Å². The molecule has 0 saturated carbocycles. The first kappa shape index (κ1) is 17.3. The van der Waals surface area contributed by atoms with Gasteiger partial charge in [0.1, 0.15) is 0 Å². The molecule has 138 valence electrons. The summed E-state index contributed by atoms with van der Waals surface area (Å²) in [6.07, 6.45) is 2.92. The van der Waals surface area contributed by atoms with Gasteiger partial charge in [-0.05, 0) is 48.1 Å². The van der Waals surface area contributed by atoms with Crippen LogP contribution < -0.4 is 14.8 Å². The van der Waals surface area contributed by atoms with Crippen molar-refractivity contribution in [2.45, 2.75) is 38.0 Å². The summed E-state index contributed by atoms with van der Waals surface area (Å²) in [6, 6.07) is 14.7. The molecule has 0 fully saturated rings. The Morgan fingerprint density at radius 2 is 2.04 bits per heavy atom. The van der Waals surface area contributed by atoms with Gasteiger partial charge in [0.25, 0.3) is 0 Å². The fourth-order valence-corrected chi connectivity index (χ4v) is 3.65. The van der Waals surface area contributed by atoms with Gasteiger partial charge in [-0.25, -0.2) is 0 Å². The van der Waals surface area contributed by atoms with Crippen LogP contribution in [0.1, 0.15) is 35.6 Å². The third-order valence-electron chi connectivity index (χ3n) is 4.99. The summed E-state index contributed by atoms with van der Waals surface area (Å²) in [5.74, 6) is 1.52. The van der Waals surface area contributed by atoms with E-state index in [9.17, 15) is 5.11 Å². The van der Waals surface area contributed by atoms with Crippen LogP contribution in [-0.2, 0) is 17.8 Å². The third kappa shape index (κ3) is 4.01. The van der Waals surface area contributed by atoms with Crippen LogP contribution in [0.15, 0.2) is 42.5 Å². The second-order valence-electron chi connectivity index (χ2n) is 6.91. The zero-order chi connectivity index (χ0) is 17.8. The average molecular weight is 355 g/mol. The van der Waals surface area contributed by atoms with Crippen molar-refractivity contribution in [2.75, 3.05) is 19.9 Å². The maximum atomic E-state index is 10.2. The first-order valence-corrected chi connectivity index (χ1v) is 9.25. The van der Waals surface area contributed by atoms with E-state index in [0.717, 1.165) is 29.9 Å². The summed E-state index contributed by atoms with van der Waals surface area (Å²) in [7, 11) is 0.